The van der Waals surface area contributed by atoms with Crippen molar-refractivity contribution in [2.45, 2.75) is 12.8 Å². The summed E-state index contributed by atoms with van der Waals surface area (Å²) in [4.78, 5) is 11.1. The maximum absolute atomic E-state index is 11.8. The highest BCUT2D eigenvalue weighted by Crippen LogP contribution is 2.35. The quantitative estimate of drug-likeness (QED) is 0.747. The molecule has 0 spiro atoms. The molecule has 1 N–H and O–H groups in total. The predicted octanol–water partition coefficient (Wildman–Crippen LogP) is 2.60. The first-order valence-corrected chi connectivity index (χ1v) is 4.67. The Morgan fingerprint density at radius 1 is 1.53 bits per heavy atom. The minimum atomic E-state index is -4.70. The molecule has 1 aliphatic heterocycles. The first-order valence-electron chi connectivity index (χ1n) is 3.85. The molecule has 15 heavy (non-hydrogen) atoms. The Morgan fingerprint density at radius 2 is 2.27 bits per heavy atom. The fourth-order valence-corrected chi connectivity index (χ4v) is 2.00. The lowest BCUT2D eigenvalue weighted by molar-refractivity contribution is -0.146. The van der Waals surface area contributed by atoms with E-state index in [1.165, 1.54) is 6.07 Å². The SMILES string of the molecule is O=C(NC(F)(F)F)c1cc2c(s1)N=NC2. The number of nitrogens with zero attached hydrogens (tertiary/aromatic N) is 2. The molecule has 1 amide bonds. The number of rotatable bonds is 1. The summed E-state index contributed by atoms with van der Waals surface area (Å²) in [7, 11) is 0. The summed E-state index contributed by atoms with van der Waals surface area (Å²) >= 11 is 0.898. The van der Waals surface area contributed by atoms with E-state index in [2.05, 4.69) is 10.2 Å². The van der Waals surface area contributed by atoms with Gasteiger partial charge < -0.3 is 0 Å². The summed E-state index contributed by atoms with van der Waals surface area (Å²) in [5.74, 6) is -1.16. The molecular formula is C7H4F3N3OS. The van der Waals surface area contributed by atoms with E-state index in [9.17, 15) is 18.0 Å². The van der Waals surface area contributed by atoms with Crippen LogP contribution in [-0.2, 0) is 6.54 Å². The molecule has 1 aromatic heterocycles. The van der Waals surface area contributed by atoms with Gasteiger partial charge in [0, 0.05) is 5.56 Å². The van der Waals surface area contributed by atoms with Crippen LogP contribution in [0.4, 0.5) is 18.2 Å². The van der Waals surface area contributed by atoms with Gasteiger partial charge in [0.1, 0.15) is 5.00 Å². The first-order chi connectivity index (χ1) is 6.96. The monoisotopic (exact) mass is 235 g/mol. The molecule has 1 aliphatic rings. The van der Waals surface area contributed by atoms with E-state index in [-0.39, 0.29) is 4.88 Å². The number of hydrogen-bond acceptors (Lipinski definition) is 4. The Labute approximate surface area is 85.8 Å². The number of nitrogens with one attached hydrogen (secondary N) is 1. The second-order valence-corrected chi connectivity index (χ2v) is 3.82. The van der Waals surface area contributed by atoms with Crippen molar-refractivity contribution < 1.29 is 18.0 Å². The van der Waals surface area contributed by atoms with E-state index in [1.54, 1.807) is 0 Å². The predicted molar refractivity (Wildman–Crippen MR) is 46.1 cm³/mol. The van der Waals surface area contributed by atoms with Crippen LogP contribution in [0, 0.1) is 0 Å². The van der Waals surface area contributed by atoms with Crippen molar-refractivity contribution in [2.24, 2.45) is 10.2 Å². The van der Waals surface area contributed by atoms with Gasteiger partial charge in [-0.2, -0.15) is 18.3 Å². The molecule has 2 rings (SSSR count). The van der Waals surface area contributed by atoms with Crippen LogP contribution in [-0.4, -0.2) is 12.2 Å². The standard InChI is InChI=1S/C7H4F3N3OS/c8-7(9,10)12-5(14)4-1-3-2-11-13-6(3)15-4/h1H,2H2,(H,12,14). The zero-order chi connectivity index (χ0) is 11.1. The van der Waals surface area contributed by atoms with E-state index >= 15 is 0 Å². The molecule has 4 nitrogen and oxygen atoms in total. The van der Waals surface area contributed by atoms with Crippen molar-refractivity contribution >= 4 is 22.2 Å². The van der Waals surface area contributed by atoms with Crippen LogP contribution in [0.25, 0.3) is 0 Å². The van der Waals surface area contributed by atoms with Gasteiger partial charge in [0.15, 0.2) is 0 Å². The molecule has 0 fully saturated rings. The molecule has 0 bridgehead atoms. The number of fused-ring (bicyclic) bond motifs is 1. The van der Waals surface area contributed by atoms with Crippen LogP contribution >= 0.6 is 11.3 Å². The normalized spacial score (nSPS) is 14.1. The fourth-order valence-electron chi connectivity index (χ4n) is 1.10. The lowest BCUT2D eigenvalue weighted by Crippen LogP contribution is -2.36. The van der Waals surface area contributed by atoms with E-state index in [4.69, 9.17) is 0 Å². The zero-order valence-electron chi connectivity index (χ0n) is 7.13. The molecule has 0 aliphatic carbocycles. The molecule has 80 valence electrons. The third kappa shape index (κ3) is 2.14. The molecule has 2 heterocycles. The molecule has 0 atom stereocenters. The van der Waals surface area contributed by atoms with Crippen molar-refractivity contribution in [3.63, 3.8) is 0 Å². The van der Waals surface area contributed by atoms with Gasteiger partial charge in [-0.3, -0.25) is 10.1 Å². The number of amides is 1. The van der Waals surface area contributed by atoms with Crippen molar-refractivity contribution in [1.29, 1.82) is 0 Å². The maximum Gasteiger partial charge on any atom is 0.484 e. The van der Waals surface area contributed by atoms with Gasteiger partial charge >= 0.3 is 6.30 Å². The summed E-state index contributed by atoms with van der Waals surface area (Å²) in [6, 6.07) is 1.38. The van der Waals surface area contributed by atoms with E-state index in [1.807, 2.05) is 0 Å². The molecule has 0 unspecified atom stereocenters. The number of hydrogen-bond donors (Lipinski definition) is 1. The Bertz CT molecular complexity index is 437. The third-order valence-corrected chi connectivity index (χ3v) is 2.73. The summed E-state index contributed by atoms with van der Waals surface area (Å²) in [6.45, 7) is 0.325. The van der Waals surface area contributed by atoms with Gasteiger partial charge in [-0.15, -0.1) is 16.5 Å². The zero-order valence-corrected chi connectivity index (χ0v) is 7.95. The van der Waals surface area contributed by atoms with Crippen LogP contribution < -0.4 is 5.32 Å². The smallest absolute Gasteiger partial charge is 0.268 e. The lowest BCUT2D eigenvalue weighted by atomic mass is 10.3. The highest BCUT2D eigenvalue weighted by Gasteiger charge is 2.31. The van der Waals surface area contributed by atoms with Crippen molar-refractivity contribution in [3.05, 3.63) is 16.5 Å². The van der Waals surface area contributed by atoms with Gasteiger partial charge in [0.05, 0.1) is 11.4 Å². The summed E-state index contributed by atoms with van der Waals surface area (Å²) in [5, 5.41) is 8.77. The van der Waals surface area contributed by atoms with Crippen LogP contribution in [0.2, 0.25) is 0 Å². The minimum Gasteiger partial charge on any atom is -0.268 e. The number of alkyl halides is 3. The summed E-state index contributed by atoms with van der Waals surface area (Å²) in [6.07, 6.45) is -4.70. The lowest BCUT2D eigenvalue weighted by Gasteiger charge is -2.06. The highest BCUT2D eigenvalue weighted by molar-refractivity contribution is 7.17. The van der Waals surface area contributed by atoms with Gasteiger partial charge in [-0.05, 0) is 6.07 Å². The Kier molecular flexibility index (Phi) is 2.22. The molecule has 8 heteroatoms. The van der Waals surface area contributed by atoms with Gasteiger partial charge in [-0.1, -0.05) is 0 Å². The number of azo groups is 1. The van der Waals surface area contributed by atoms with E-state index < -0.39 is 12.2 Å². The van der Waals surface area contributed by atoms with E-state index in [0.717, 1.165) is 16.7 Å². The average Bonchev–Trinajstić information content (AvgIpc) is 2.56. The number of halogens is 3. The Hall–Kier alpha value is -1.44. The second kappa shape index (κ2) is 3.30. The van der Waals surface area contributed by atoms with Gasteiger partial charge in [-0.25, -0.2) is 0 Å². The van der Waals surface area contributed by atoms with Gasteiger partial charge in [0.25, 0.3) is 5.91 Å². The molecular weight excluding hydrogens is 231 g/mol. The van der Waals surface area contributed by atoms with Gasteiger partial charge in [0.2, 0.25) is 0 Å². The summed E-state index contributed by atoms with van der Waals surface area (Å²) in [5.41, 5.74) is 0.687. The largest absolute Gasteiger partial charge is 0.484 e. The molecule has 0 saturated carbocycles. The summed E-state index contributed by atoms with van der Waals surface area (Å²) < 4.78 is 35.5. The second-order valence-electron chi connectivity index (χ2n) is 2.79. The molecule has 0 aromatic carbocycles. The number of carbonyl (C=O) groups excluding carboxylic acids is 1. The van der Waals surface area contributed by atoms with Crippen LogP contribution in [0.1, 0.15) is 15.2 Å². The first kappa shape index (κ1) is 10.1. The van der Waals surface area contributed by atoms with Crippen molar-refractivity contribution in [1.82, 2.24) is 5.32 Å². The Morgan fingerprint density at radius 3 is 2.87 bits per heavy atom. The Balaban J connectivity index is 2.16. The highest BCUT2D eigenvalue weighted by atomic mass is 32.1. The van der Waals surface area contributed by atoms with E-state index in [0.29, 0.717) is 17.1 Å². The average molecular weight is 235 g/mol. The number of carbonyl (C=O) groups is 1. The fraction of sp³-hybridized carbons (Fsp3) is 0.286. The van der Waals surface area contributed by atoms with Crippen molar-refractivity contribution in [3.8, 4) is 0 Å². The van der Waals surface area contributed by atoms with Crippen LogP contribution in [0.5, 0.6) is 0 Å². The topological polar surface area (TPSA) is 53.8 Å². The van der Waals surface area contributed by atoms with Crippen molar-refractivity contribution in [2.75, 3.05) is 0 Å². The molecule has 0 radical (unpaired) electrons. The maximum atomic E-state index is 11.8. The van der Waals surface area contributed by atoms with Crippen LogP contribution in [0.3, 0.4) is 0 Å². The number of thiophene rings is 1. The molecule has 0 saturated heterocycles. The minimum absolute atomic E-state index is 0.00373. The third-order valence-electron chi connectivity index (χ3n) is 1.67. The van der Waals surface area contributed by atoms with Crippen LogP contribution in [0.15, 0.2) is 16.3 Å². The molecule has 1 aromatic rings.